The van der Waals surface area contributed by atoms with E-state index in [1.807, 2.05) is 0 Å². The first-order valence-electron chi connectivity index (χ1n) is 8.51. The summed E-state index contributed by atoms with van der Waals surface area (Å²) >= 11 is 0. The molecule has 2 rings (SSSR count). The highest BCUT2D eigenvalue weighted by Gasteiger charge is 2.43. The summed E-state index contributed by atoms with van der Waals surface area (Å²) in [5, 5.41) is 3.45. The van der Waals surface area contributed by atoms with Crippen LogP contribution in [0.1, 0.15) is 52.4 Å². The van der Waals surface area contributed by atoms with Crippen molar-refractivity contribution in [2.75, 3.05) is 26.3 Å². The average molecular weight is 297 g/mol. The Labute approximate surface area is 128 Å². The zero-order chi connectivity index (χ0) is 15.3. The van der Waals surface area contributed by atoms with Gasteiger partial charge in [0.15, 0.2) is 0 Å². The van der Waals surface area contributed by atoms with Crippen molar-refractivity contribution in [3.63, 3.8) is 0 Å². The first kappa shape index (κ1) is 16.7. The molecule has 1 saturated carbocycles. The highest BCUT2D eigenvalue weighted by molar-refractivity contribution is 5.84. The van der Waals surface area contributed by atoms with E-state index in [0.717, 1.165) is 58.4 Å². The number of amides is 1. The van der Waals surface area contributed by atoms with Crippen molar-refractivity contribution in [3.05, 3.63) is 0 Å². The number of carbonyl (C=O) groups is 1. The molecule has 1 aliphatic carbocycles. The number of ether oxygens (including phenoxy) is 1. The van der Waals surface area contributed by atoms with E-state index in [-0.39, 0.29) is 5.91 Å². The molecule has 0 bridgehead atoms. The van der Waals surface area contributed by atoms with Gasteiger partial charge in [0.05, 0.1) is 18.8 Å². The standard InChI is InChI=1S/C16H31N3O2/c1-3-8-18-16(15(17)20)7-5-6-14(11-16)19-9-10-21-12-13(19)4-2/h13-14,18H,3-12H2,1-2H3,(H2,17,20). The minimum absolute atomic E-state index is 0.179. The maximum absolute atomic E-state index is 12.1. The van der Waals surface area contributed by atoms with Crippen molar-refractivity contribution in [2.24, 2.45) is 5.73 Å². The molecule has 1 amide bonds. The van der Waals surface area contributed by atoms with Crippen LogP contribution in [0.15, 0.2) is 0 Å². The third-order valence-corrected chi connectivity index (χ3v) is 5.12. The maximum Gasteiger partial charge on any atom is 0.237 e. The molecule has 0 aromatic carbocycles. The van der Waals surface area contributed by atoms with Crippen LogP contribution in [0, 0.1) is 0 Å². The molecule has 0 spiro atoms. The number of nitrogens with zero attached hydrogens (tertiary/aromatic N) is 1. The van der Waals surface area contributed by atoms with Crippen molar-refractivity contribution in [1.82, 2.24) is 10.2 Å². The third-order valence-electron chi connectivity index (χ3n) is 5.12. The lowest BCUT2D eigenvalue weighted by molar-refractivity contribution is -0.127. The predicted molar refractivity (Wildman–Crippen MR) is 84.1 cm³/mol. The molecule has 21 heavy (non-hydrogen) atoms. The van der Waals surface area contributed by atoms with E-state index in [0.29, 0.717) is 12.1 Å². The first-order valence-corrected chi connectivity index (χ1v) is 8.51. The normalized spacial score (nSPS) is 34.8. The summed E-state index contributed by atoms with van der Waals surface area (Å²) in [4.78, 5) is 14.6. The second-order valence-electron chi connectivity index (χ2n) is 6.50. The van der Waals surface area contributed by atoms with Crippen LogP contribution in [-0.4, -0.2) is 54.7 Å². The van der Waals surface area contributed by atoms with Gasteiger partial charge in [0, 0.05) is 18.6 Å². The van der Waals surface area contributed by atoms with Gasteiger partial charge in [-0.1, -0.05) is 13.8 Å². The summed E-state index contributed by atoms with van der Waals surface area (Å²) in [6.07, 6.45) is 6.08. The molecule has 122 valence electrons. The summed E-state index contributed by atoms with van der Waals surface area (Å²) in [6.45, 7) is 7.79. The molecule has 3 atom stereocenters. The first-order chi connectivity index (χ1) is 10.1. The Morgan fingerprint density at radius 1 is 1.48 bits per heavy atom. The van der Waals surface area contributed by atoms with Gasteiger partial charge < -0.3 is 15.8 Å². The van der Waals surface area contributed by atoms with Crippen LogP contribution in [0.2, 0.25) is 0 Å². The molecule has 1 saturated heterocycles. The molecule has 0 aromatic heterocycles. The molecule has 2 fully saturated rings. The zero-order valence-corrected chi connectivity index (χ0v) is 13.6. The monoisotopic (exact) mass is 297 g/mol. The zero-order valence-electron chi connectivity index (χ0n) is 13.6. The van der Waals surface area contributed by atoms with E-state index in [2.05, 4.69) is 24.1 Å². The summed E-state index contributed by atoms with van der Waals surface area (Å²) in [6, 6.07) is 0.933. The largest absolute Gasteiger partial charge is 0.378 e. The van der Waals surface area contributed by atoms with Crippen LogP contribution in [-0.2, 0) is 9.53 Å². The number of hydrogen-bond acceptors (Lipinski definition) is 4. The Balaban J connectivity index is 2.08. The fourth-order valence-corrected chi connectivity index (χ4v) is 3.87. The Morgan fingerprint density at radius 2 is 2.29 bits per heavy atom. The van der Waals surface area contributed by atoms with Crippen molar-refractivity contribution < 1.29 is 9.53 Å². The second-order valence-corrected chi connectivity index (χ2v) is 6.50. The fourth-order valence-electron chi connectivity index (χ4n) is 3.87. The van der Waals surface area contributed by atoms with Gasteiger partial charge in [-0.3, -0.25) is 9.69 Å². The minimum atomic E-state index is -0.504. The summed E-state index contributed by atoms with van der Waals surface area (Å²) < 4.78 is 5.61. The van der Waals surface area contributed by atoms with E-state index in [1.54, 1.807) is 0 Å². The van der Waals surface area contributed by atoms with E-state index < -0.39 is 5.54 Å². The molecular formula is C16H31N3O2. The molecule has 1 heterocycles. The molecule has 1 aliphatic heterocycles. The molecule has 5 heteroatoms. The number of rotatable bonds is 6. The number of nitrogens with one attached hydrogen (secondary N) is 1. The van der Waals surface area contributed by atoms with Crippen LogP contribution in [0.25, 0.3) is 0 Å². The lowest BCUT2D eigenvalue weighted by Crippen LogP contribution is -2.62. The van der Waals surface area contributed by atoms with Gasteiger partial charge in [-0.15, -0.1) is 0 Å². The molecule has 5 nitrogen and oxygen atoms in total. The van der Waals surface area contributed by atoms with Gasteiger partial charge in [0.2, 0.25) is 5.91 Å². The van der Waals surface area contributed by atoms with Gasteiger partial charge in [-0.05, 0) is 45.1 Å². The number of carbonyl (C=O) groups excluding carboxylic acids is 1. The molecular weight excluding hydrogens is 266 g/mol. The predicted octanol–water partition coefficient (Wildman–Crippen LogP) is 1.26. The van der Waals surface area contributed by atoms with Crippen molar-refractivity contribution in [1.29, 1.82) is 0 Å². The van der Waals surface area contributed by atoms with E-state index in [9.17, 15) is 4.79 Å². The van der Waals surface area contributed by atoms with Crippen LogP contribution in [0.4, 0.5) is 0 Å². The Bertz CT molecular complexity index is 350. The molecule has 0 radical (unpaired) electrons. The maximum atomic E-state index is 12.1. The summed E-state index contributed by atoms with van der Waals surface area (Å²) in [5.74, 6) is -0.179. The minimum Gasteiger partial charge on any atom is -0.378 e. The SMILES string of the molecule is CCCNC1(C(N)=O)CCCC(N2CCOCC2CC)C1. The van der Waals surface area contributed by atoms with Crippen molar-refractivity contribution in [2.45, 2.75) is 70.0 Å². The lowest BCUT2D eigenvalue weighted by Gasteiger charge is -2.47. The third kappa shape index (κ3) is 3.76. The van der Waals surface area contributed by atoms with Crippen molar-refractivity contribution >= 4 is 5.91 Å². The number of morpholine rings is 1. The van der Waals surface area contributed by atoms with Crippen LogP contribution in [0.3, 0.4) is 0 Å². The van der Waals surface area contributed by atoms with E-state index >= 15 is 0 Å². The Morgan fingerprint density at radius 3 is 2.95 bits per heavy atom. The Kier molecular flexibility index (Phi) is 6.02. The lowest BCUT2D eigenvalue weighted by atomic mass is 9.77. The van der Waals surface area contributed by atoms with Gasteiger partial charge >= 0.3 is 0 Å². The second kappa shape index (κ2) is 7.56. The highest BCUT2D eigenvalue weighted by atomic mass is 16.5. The number of primary amides is 1. The average Bonchev–Trinajstić information content (AvgIpc) is 2.53. The summed E-state index contributed by atoms with van der Waals surface area (Å²) in [7, 11) is 0. The Hall–Kier alpha value is -0.650. The number of hydrogen-bond donors (Lipinski definition) is 2. The van der Waals surface area contributed by atoms with Crippen molar-refractivity contribution in [3.8, 4) is 0 Å². The number of nitrogens with two attached hydrogens (primary N) is 1. The molecule has 3 unspecified atom stereocenters. The van der Waals surface area contributed by atoms with Crippen LogP contribution >= 0.6 is 0 Å². The summed E-state index contributed by atoms with van der Waals surface area (Å²) in [5.41, 5.74) is 5.25. The fraction of sp³-hybridized carbons (Fsp3) is 0.938. The van der Waals surface area contributed by atoms with Gasteiger partial charge in [-0.25, -0.2) is 0 Å². The van der Waals surface area contributed by atoms with Gasteiger partial charge in [0.25, 0.3) is 0 Å². The van der Waals surface area contributed by atoms with Gasteiger partial charge in [-0.2, -0.15) is 0 Å². The highest BCUT2D eigenvalue weighted by Crippen LogP contribution is 2.33. The molecule has 2 aliphatic rings. The van der Waals surface area contributed by atoms with Crippen LogP contribution < -0.4 is 11.1 Å². The smallest absolute Gasteiger partial charge is 0.237 e. The molecule has 3 N–H and O–H groups in total. The molecule has 0 aromatic rings. The van der Waals surface area contributed by atoms with E-state index in [4.69, 9.17) is 10.5 Å². The van der Waals surface area contributed by atoms with E-state index in [1.165, 1.54) is 6.42 Å². The van der Waals surface area contributed by atoms with Crippen LogP contribution in [0.5, 0.6) is 0 Å². The van der Waals surface area contributed by atoms with Gasteiger partial charge in [0.1, 0.15) is 0 Å². The topological polar surface area (TPSA) is 67.6 Å². The quantitative estimate of drug-likeness (QED) is 0.774.